The van der Waals surface area contributed by atoms with Crippen molar-refractivity contribution in [2.75, 3.05) is 26.2 Å². The monoisotopic (exact) mass is 557 g/mol. The predicted octanol–water partition coefficient (Wildman–Crippen LogP) is 3.63. The van der Waals surface area contributed by atoms with Crippen LogP contribution in [0.3, 0.4) is 0 Å². The molecule has 0 saturated carbocycles. The van der Waals surface area contributed by atoms with E-state index in [9.17, 15) is 5.11 Å². The van der Waals surface area contributed by atoms with Crippen LogP contribution in [0.2, 0.25) is 0 Å². The molecule has 1 aliphatic heterocycles. The van der Waals surface area contributed by atoms with Crippen LogP contribution in [0, 0.1) is 13.8 Å². The zero-order chi connectivity index (χ0) is 21.3. The van der Waals surface area contributed by atoms with E-state index < -0.39 is 0 Å². The van der Waals surface area contributed by atoms with Crippen LogP contribution in [0.4, 0.5) is 0 Å². The number of aliphatic hydroxyl groups excluding tert-OH is 1. The van der Waals surface area contributed by atoms with Gasteiger partial charge in [0.15, 0.2) is 5.96 Å². The van der Waals surface area contributed by atoms with E-state index in [0.29, 0.717) is 6.54 Å². The average Bonchev–Trinajstić information content (AvgIpc) is 3.06. The summed E-state index contributed by atoms with van der Waals surface area (Å²) in [6, 6.07) is 8.73. The van der Waals surface area contributed by atoms with E-state index in [-0.39, 0.29) is 30.1 Å². The Morgan fingerprint density at radius 2 is 1.84 bits per heavy atom. The molecular formula is C23H36IN5OS. The van der Waals surface area contributed by atoms with Gasteiger partial charge in [-0.15, -0.1) is 35.3 Å². The number of hydrogen-bond donors (Lipinski definition) is 3. The van der Waals surface area contributed by atoms with Gasteiger partial charge in [-0.3, -0.25) is 4.90 Å². The second-order valence-electron chi connectivity index (χ2n) is 7.94. The Kier molecular flexibility index (Phi) is 11.2. The number of hydrogen-bond acceptors (Lipinski definition) is 5. The molecule has 3 rings (SSSR count). The number of piperidine rings is 1. The number of rotatable bonds is 8. The predicted molar refractivity (Wildman–Crippen MR) is 140 cm³/mol. The first-order valence-corrected chi connectivity index (χ1v) is 11.8. The molecular weight excluding hydrogens is 521 g/mol. The highest BCUT2D eigenvalue weighted by molar-refractivity contribution is 14.0. The van der Waals surface area contributed by atoms with Crippen molar-refractivity contribution in [2.24, 2.45) is 4.99 Å². The third kappa shape index (κ3) is 8.67. The molecule has 0 unspecified atom stereocenters. The molecule has 0 spiro atoms. The lowest BCUT2D eigenvalue weighted by Gasteiger charge is -2.29. The van der Waals surface area contributed by atoms with Crippen molar-refractivity contribution in [3.63, 3.8) is 0 Å². The van der Waals surface area contributed by atoms with Gasteiger partial charge in [0.2, 0.25) is 0 Å². The van der Waals surface area contributed by atoms with Gasteiger partial charge in [-0.05, 0) is 44.7 Å². The highest BCUT2D eigenvalue weighted by atomic mass is 127. The number of aromatic nitrogens is 1. The molecule has 1 fully saturated rings. The molecule has 172 valence electrons. The van der Waals surface area contributed by atoms with E-state index in [1.165, 1.54) is 21.0 Å². The molecule has 6 nitrogen and oxygen atoms in total. The van der Waals surface area contributed by atoms with Crippen LogP contribution in [0.25, 0.3) is 0 Å². The van der Waals surface area contributed by atoms with Crippen molar-refractivity contribution < 1.29 is 5.11 Å². The Bertz CT molecular complexity index is 796. The van der Waals surface area contributed by atoms with Gasteiger partial charge in [-0.1, -0.05) is 24.3 Å². The highest BCUT2D eigenvalue weighted by Gasteiger charge is 2.16. The Hall–Kier alpha value is -1.23. The minimum Gasteiger partial charge on any atom is -0.393 e. The van der Waals surface area contributed by atoms with E-state index >= 15 is 0 Å². The SMILES string of the molecule is CCNC(=NCc1ccc(CN2CCC(O)CC2)cc1)NCCc1nc(C)c(C)s1.I. The van der Waals surface area contributed by atoms with Crippen LogP contribution in [-0.4, -0.2) is 53.2 Å². The van der Waals surface area contributed by atoms with Gasteiger partial charge < -0.3 is 15.7 Å². The standard InChI is InChI=1S/C23H35N5OS.HI/c1-4-24-23(25-12-9-22-27-17(2)18(3)30-22)26-15-19-5-7-20(8-6-19)16-28-13-10-21(29)11-14-28;/h5-8,21,29H,4,9-16H2,1-3H3,(H2,24,25,26);1H. The molecule has 0 amide bonds. The molecule has 0 atom stereocenters. The summed E-state index contributed by atoms with van der Waals surface area (Å²) >= 11 is 1.78. The molecule has 0 radical (unpaired) electrons. The first-order chi connectivity index (χ1) is 14.5. The summed E-state index contributed by atoms with van der Waals surface area (Å²) in [7, 11) is 0. The quantitative estimate of drug-likeness (QED) is 0.263. The second-order valence-corrected chi connectivity index (χ2v) is 9.23. The van der Waals surface area contributed by atoms with Crippen LogP contribution in [0.1, 0.15) is 46.5 Å². The Balaban J connectivity index is 0.00000341. The van der Waals surface area contributed by atoms with E-state index in [4.69, 9.17) is 4.99 Å². The lowest BCUT2D eigenvalue weighted by atomic mass is 10.1. The maximum absolute atomic E-state index is 9.64. The number of aliphatic hydroxyl groups is 1. The van der Waals surface area contributed by atoms with Gasteiger partial charge in [0.1, 0.15) is 0 Å². The van der Waals surface area contributed by atoms with Gasteiger partial charge in [0, 0.05) is 44.0 Å². The molecule has 31 heavy (non-hydrogen) atoms. The smallest absolute Gasteiger partial charge is 0.191 e. The summed E-state index contributed by atoms with van der Waals surface area (Å²) in [6.45, 7) is 11.5. The molecule has 2 aromatic rings. The number of benzene rings is 1. The maximum Gasteiger partial charge on any atom is 0.191 e. The fourth-order valence-electron chi connectivity index (χ4n) is 3.53. The fraction of sp³-hybridized carbons (Fsp3) is 0.565. The summed E-state index contributed by atoms with van der Waals surface area (Å²) in [6.07, 6.45) is 2.56. The van der Waals surface area contributed by atoms with Gasteiger partial charge >= 0.3 is 0 Å². The molecule has 1 aromatic carbocycles. The number of likely N-dealkylation sites (tertiary alicyclic amines) is 1. The maximum atomic E-state index is 9.64. The largest absolute Gasteiger partial charge is 0.393 e. The number of aliphatic imine (C=N–C) groups is 1. The molecule has 1 aliphatic rings. The van der Waals surface area contributed by atoms with E-state index in [2.05, 4.69) is 65.6 Å². The van der Waals surface area contributed by atoms with Crippen LogP contribution < -0.4 is 10.6 Å². The summed E-state index contributed by atoms with van der Waals surface area (Å²) in [5.74, 6) is 0.846. The molecule has 1 aromatic heterocycles. The van der Waals surface area contributed by atoms with Crippen molar-refractivity contribution in [3.8, 4) is 0 Å². The molecule has 1 saturated heterocycles. The molecule has 2 heterocycles. The zero-order valence-corrected chi connectivity index (χ0v) is 22.0. The molecule has 0 bridgehead atoms. The number of nitrogens with one attached hydrogen (secondary N) is 2. The first kappa shape index (κ1) is 26.0. The minimum absolute atomic E-state index is 0. The van der Waals surface area contributed by atoms with Crippen LogP contribution in [-0.2, 0) is 19.5 Å². The van der Waals surface area contributed by atoms with Crippen molar-refractivity contribution in [3.05, 3.63) is 51.0 Å². The third-order valence-corrected chi connectivity index (χ3v) is 6.59. The summed E-state index contributed by atoms with van der Waals surface area (Å²) in [5, 5.41) is 17.6. The second kappa shape index (κ2) is 13.3. The molecule has 3 N–H and O–H groups in total. The van der Waals surface area contributed by atoms with E-state index in [0.717, 1.165) is 63.6 Å². The van der Waals surface area contributed by atoms with Crippen molar-refractivity contribution in [2.45, 2.75) is 59.2 Å². The number of nitrogens with zero attached hydrogens (tertiary/aromatic N) is 3. The summed E-state index contributed by atoms with van der Waals surface area (Å²) in [5.41, 5.74) is 3.66. The zero-order valence-electron chi connectivity index (χ0n) is 18.9. The molecule has 0 aliphatic carbocycles. The number of guanidine groups is 1. The van der Waals surface area contributed by atoms with Gasteiger partial charge in [-0.25, -0.2) is 9.98 Å². The van der Waals surface area contributed by atoms with Gasteiger partial charge in [0.25, 0.3) is 0 Å². The minimum atomic E-state index is -0.115. The fourth-order valence-corrected chi connectivity index (χ4v) is 4.47. The lowest BCUT2D eigenvalue weighted by molar-refractivity contribution is 0.0792. The van der Waals surface area contributed by atoms with Crippen LogP contribution in [0.5, 0.6) is 0 Å². The Morgan fingerprint density at radius 1 is 1.16 bits per heavy atom. The summed E-state index contributed by atoms with van der Waals surface area (Å²) < 4.78 is 0. The normalized spacial score (nSPS) is 15.5. The van der Waals surface area contributed by atoms with Gasteiger partial charge in [-0.2, -0.15) is 0 Å². The molecule has 8 heteroatoms. The number of aryl methyl sites for hydroxylation is 2. The highest BCUT2D eigenvalue weighted by Crippen LogP contribution is 2.16. The number of halogens is 1. The van der Waals surface area contributed by atoms with Crippen molar-refractivity contribution >= 4 is 41.3 Å². The van der Waals surface area contributed by atoms with Crippen LogP contribution >= 0.6 is 35.3 Å². The van der Waals surface area contributed by atoms with Crippen molar-refractivity contribution in [1.82, 2.24) is 20.5 Å². The third-order valence-electron chi connectivity index (χ3n) is 5.45. The van der Waals surface area contributed by atoms with E-state index in [1.807, 2.05) is 0 Å². The van der Waals surface area contributed by atoms with Gasteiger partial charge in [0.05, 0.1) is 23.4 Å². The summed E-state index contributed by atoms with van der Waals surface area (Å²) in [4.78, 5) is 13.0. The number of thiazole rings is 1. The van der Waals surface area contributed by atoms with E-state index in [1.54, 1.807) is 11.3 Å². The lowest BCUT2D eigenvalue weighted by Crippen LogP contribution is -2.38. The average molecular weight is 558 g/mol. The topological polar surface area (TPSA) is 72.8 Å². The first-order valence-electron chi connectivity index (χ1n) is 11.0. The van der Waals surface area contributed by atoms with Crippen molar-refractivity contribution in [1.29, 1.82) is 0 Å². The Morgan fingerprint density at radius 3 is 2.45 bits per heavy atom. The Labute approximate surface area is 207 Å². The van der Waals surface area contributed by atoms with Crippen LogP contribution in [0.15, 0.2) is 29.3 Å².